The lowest BCUT2D eigenvalue weighted by molar-refractivity contribution is -0.144. The summed E-state index contributed by atoms with van der Waals surface area (Å²) in [4.78, 5) is 30.5. The van der Waals surface area contributed by atoms with E-state index in [1.807, 2.05) is 74.4 Å². The zero-order chi connectivity index (χ0) is 34.6. The van der Waals surface area contributed by atoms with E-state index < -0.39 is 6.10 Å². The molecule has 260 valence electrons. The van der Waals surface area contributed by atoms with E-state index in [4.69, 9.17) is 18.9 Å². The number of hydrogen-bond donors (Lipinski definition) is 0. The molecule has 0 aromatic heterocycles. The van der Waals surface area contributed by atoms with Crippen molar-refractivity contribution in [1.29, 1.82) is 0 Å². The zero-order valence-corrected chi connectivity index (χ0v) is 29.4. The molecule has 2 amide bonds. The van der Waals surface area contributed by atoms with Crippen LogP contribution in [0.25, 0.3) is 21.9 Å². The first-order valence-electron chi connectivity index (χ1n) is 17.4. The van der Waals surface area contributed by atoms with Crippen molar-refractivity contribution in [1.82, 2.24) is 9.80 Å². The third-order valence-corrected chi connectivity index (χ3v) is 9.31. The second-order valence-electron chi connectivity index (χ2n) is 12.8. The van der Waals surface area contributed by atoms with Crippen molar-refractivity contribution in [3.8, 4) is 16.9 Å². The van der Waals surface area contributed by atoms with Gasteiger partial charge in [-0.2, -0.15) is 0 Å². The molecule has 4 aromatic carbocycles. The minimum Gasteiger partial charge on any atom is -0.468 e. The predicted molar refractivity (Wildman–Crippen MR) is 194 cm³/mol. The van der Waals surface area contributed by atoms with Crippen molar-refractivity contribution in [3.05, 3.63) is 102 Å². The molecule has 8 heteroatoms. The van der Waals surface area contributed by atoms with E-state index in [0.29, 0.717) is 50.1 Å². The highest BCUT2D eigenvalue weighted by molar-refractivity contribution is 5.98. The van der Waals surface area contributed by atoms with Crippen LogP contribution in [0.1, 0.15) is 60.5 Å². The number of rotatable bonds is 16. The van der Waals surface area contributed by atoms with Crippen molar-refractivity contribution in [2.24, 2.45) is 0 Å². The van der Waals surface area contributed by atoms with Gasteiger partial charge in [-0.1, -0.05) is 73.9 Å². The highest BCUT2D eigenvalue weighted by Crippen LogP contribution is 2.26. The number of carbonyl (C=O) groups excluding carboxylic acids is 2. The number of benzene rings is 4. The summed E-state index contributed by atoms with van der Waals surface area (Å²) in [5.41, 5.74) is 4.90. The fraction of sp³-hybridized carbons (Fsp3) is 0.415. The number of ether oxygens (including phenoxy) is 4. The summed E-state index contributed by atoms with van der Waals surface area (Å²) in [5.74, 6) is 0.737. The Labute approximate surface area is 290 Å². The van der Waals surface area contributed by atoms with Crippen molar-refractivity contribution >= 4 is 22.6 Å². The zero-order valence-electron chi connectivity index (χ0n) is 29.4. The van der Waals surface area contributed by atoms with E-state index in [1.165, 1.54) is 19.3 Å². The molecule has 0 heterocycles. The van der Waals surface area contributed by atoms with Crippen LogP contribution < -0.4 is 4.74 Å². The van der Waals surface area contributed by atoms with Gasteiger partial charge in [-0.05, 0) is 83.1 Å². The Morgan fingerprint density at radius 2 is 1.57 bits per heavy atom. The predicted octanol–water partition coefficient (Wildman–Crippen LogP) is 7.52. The first-order valence-corrected chi connectivity index (χ1v) is 17.4. The maximum atomic E-state index is 13.4. The smallest absolute Gasteiger partial charge is 0.253 e. The summed E-state index contributed by atoms with van der Waals surface area (Å²) in [6.07, 6.45) is 5.85. The van der Waals surface area contributed by atoms with Crippen LogP contribution in [-0.4, -0.2) is 81.6 Å². The second kappa shape index (κ2) is 18.0. The van der Waals surface area contributed by atoms with E-state index in [-0.39, 0.29) is 18.6 Å². The highest BCUT2D eigenvalue weighted by Gasteiger charge is 2.28. The lowest BCUT2D eigenvalue weighted by atomic mass is 9.94. The van der Waals surface area contributed by atoms with Gasteiger partial charge in [-0.25, -0.2) is 0 Å². The molecule has 0 saturated heterocycles. The summed E-state index contributed by atoms with van der Waals surface area (Å²) in [6, 6.07) is 28.5. The molecule has 0 bridgehead atoms. The largest absolute Gasteiger partial charge is 0.468 e. The minimum absolute atomic E-state index is 0.0453. The van der Waals surface area contributed by atoms with Crippen LogP contribution >= 0.6 is 0 Å². The van der Waals surface area contributed by atoms with Gasteiger partial charge < -0.3 is 28.7 Å². The van der Waals surface area contributed by atoms with E-state index >= 15 is 0 Å². The summed E-state index contributed by atoms with van der Waals surface area (Å²) < 4.78 is 22.0. The molecule has 0 spiro atoms. The third kappa shape index (κ3) is 9.91. The fourth-order valence-corrected chi connectivity index (χ4v) is 6.51. The molecule has 0 N–H and O–H groups in total. The van der Waals surface area contributed by atoms with Crippen LogP contribution in [0.4, 0.5) is 0 Å². The van der Waals surface area contributed by atoms with Gasteiger partial charge in [0.25, 0.3) is 11.8 Å². The Bertz CT molecular complexity index is 1670. The van der Waals surface area contributed by atoms with Crippen molar-refractivity contribution < 1.29 is 28.5 Å². The van der Waals surface area contributed by atoms with Crippen LogP contribution in [-0.2, 0) is 32.0 Å². The molecule has 5 rings (SSSR count). The van der Waals surface area contributed by atoms with Crippen LogP contribution in [0.5, 0.6) is 5.75 Å². The second-order valence-corrected chi connectivity index (χ2v) is 12.8. The Morgan fingerprint density at radius 3 is 2.33 bits per heavy atom. The maximum absolute atomic E-state index is 13.4. The number of fused-ring (bicyclic) bond motifs is 1. The van der Waals surface area contributed by atoms with Crippen molar-refractivity contribution in [3.63, 3.8) is 0 Å². The molecule has 49 heavy (non-hydrogen) atoms. The van der Waals surface area contributed by atoms with E-state index in [1.54, 1.807) is 12.0 Å². The van der Waals surface area contributed by atoms with E-state index in [9.17, 15) is 9.59 Å². The Morgan fingerprint density at radius 1 is 0.816 bits per heavy atom. The van der Waals surface area contributed by atoms with Gasteiger partial charge in [0.1, 0.15) is 11.9 Å². The first-order chi connectivity index (χ1) is 23.9. The van der Waals surface area contributed by atoms with Gasteiger partial charge in [-0.3, -0.25) is 9.59 Å². The average molecular weight is 667 g/mol. The van der Waals surface area contributed by atoms with Crippen LogP contribution in [0.3, 0.4) is 0 Å². The van der Waals surface area contributed by atoms with Crippen molar-refractivity contribution in [2.75, 3.05) is 47.8 Å². The van der Waals surface area contributed by atoms with Crippen LogP contribution in [0.2, 0.25) is 0 Å². The maximum Gasteiger partial charge on any atom is 0.253 e. The number of hydrogen-bond acceptors (Lipinski definition) is 6. The summed E-state index contributed by atoms with van der Waals surface area (Å²) >= 11 is 0. The van der Waals surface area contributed by atoms with Gasteiger partial charge in [0, 0.05) is 52.4 Å². The molecular formula is C41H50N2O6. The van der Waals surface area contributed by atoms with Gasteiger partial charge in [0.2, 0.25) is 0 Å². The quantitative estimate of drug-likeness (QED) is 0.0910. The lowest BCUT2D eigenvalue weighted by Gasteiger charge is -2.33. The van der Waals surface area contributed by atoms with Crippen LogP contribution in [0.15, 0.2) is 84.9 Å². The normalized spacial score (nSPS) is 14.0. The first kappa shape index (κ1) is 36.1. The number of amides is 2. The molecule has 1 aliphatic carbocycles. The minimum atomic E-state index is -0.482. The summed E-state index contributed by atoms with van der Waals surface area (Å²) in [7, 11) is 5.39. The highest BCUT2D eigenvalue weighted by atomic mass is 16.7. The summed E-state index contributed by atoms with van der Waals surface area (Å²) in [6.45, 7) is 4.06. The molecule has 1 fully saturated rings. The monoisotopic (exact) mass is 666 g/mol. The molecule has 0 radical (unpaired) electrons. The van der Waals surface area contributed by atoms with E-state index in [0.717, 1.165) is 45.9 Å². The Kier molecular flexibility index (Phi) is 13.2. The standard InChI is InChI=1S/C41H50N2O6/c1-5-48-39(41(45)43(3)37-12-7-6-8-13-37)25-30-14-16-32(17-15-30)33-11-9-10-31(24-33)28-42(2)40(44)36-19-18-35-27-38(21-20-34(35)26-36)49-29-47-23-22-46-4/h9-11,14-21,24,26-27,37,39H,5-8,12-13,22-23,25,28-29H2,1-4H3. The molecule has 8 nitrogen and oxygen atoms in total. The van der Waals surface area contributed by atoms with Gasteiger partial charge in [0.15, 0.2) is 6.79 Å². The van der Waals surface area contributed by atoms with Crippen LogP contribution in [0, 0.1) is 0 Å². The molecule has 1 aliphatic rings. The number of methoxy groups -OCH3 is 1. The molecule has 0 aliphatic heterocycles. The molecule has 1 saturated carbocycles. The third-order valence-electron chi connectivity index (χ3n) is 9.31. The molecular weight excluding hydrogens is 616 g/mol. The Hall–Kier alpha value is -4.24. The average Bonchev–Trinajstić information content (AvgIpc) is 3.14. The SMILES string of the molecule is CCOC(Cc1ccc(-c2cccc(CN(C)C(=O)c3ccc4cc(OCOCCOC)ccc4c3)c2)cc1)C(=O)N(C)C1CCCCC1. The summed E-state index contributed by atoms with van der Waals surface area (Å²) in [5, 5.41) is 1.95. The fourth-order valence-electron chi connectivity index (χ4n) is 6.51. The van der Waals surface area contributed by atoms with E-state index in [2.05, 4.69) is 36.4 Å². The van der Waals surface area contributed by atoms with Crippen molar-refractivity contribution in [2.45, 2.75) is 64.1 Å². The number of nitrogens with zero attached hydrogens (tertiary/aromatic N) is 2. The number of likely N-dealkylation sites (N-methyl/N-ethyl adjacent to an activating group) is 1. The molecule has 1 unspecified atom stereocenters. The molecule has 1 atom stereocenters. The topological polar surface area (TPSA) is 77.5 Å². The van der Waals surface area contributed by atoms with Gasteiger partial charge in [0.05, 0.1) is 13.2 Å². The Balaban J connectivity index is 1.18. The van der Waals surface area contributed by atoms with Gasteiger partial charge >= 0.3 is 0 Å². The van der Waals surface area contributed by atoms with Gasteiger partial charge in [-0.15, -0.1) is 0 Å². The molecule has 4 aromatic rings. The lowest BCUT2D eigenvalue weighted by Crippen LogP contribution is -2.45. The number of carbonyl (C=O) groups is 2.